The maximum atomic E-state index is 13.1. The number of nitriles is 1. The third-order valence-electron chi connectivity index (χ3n) is 6.39. The van der Waals surface area contributed by atoms with Crippen LogP contribution in [0.2, 0.25) is 0 Å². The lowest BCUT2D eigenvalue weighted by atomic mass is 10.1. The minimum absolute atomic E-state index is 0.158. The highest BCUT2D eigenvalue weighted by Gasteiger charge is 2.30. The number of methoxy groups -OCH3 is 1. The van der Waals surface area contributed by atoms with Gasteiger partial charge in [-0.1, -0.05) is 48.0 Å². The Morgan fingerprint density at radius 1 is 0.972 bits per heavy atom. The Balaban J connectivity index is 1.44. The summed E-state index contributed by atoms with van der Waals surface area (Å²) in [6.45, 7) is 5.10. The Bertz CT molecular complexity index is 1310. The molecular formula is C28H31N3O4S. The molecule has 188 valence electrons. The van der Waals surface area contributed by atoms with Gasteiger partial charge in [0.15, 0.2) is 0 Å². The van der Waals surface area contributed by atoms with E-state index in [-0.39, 0.29) is 11.0 Å². The average Bonchev–Trinajstić information content (AvgIpc) is 2.92. The highest BCUT2D eigenvalue weighted by molar-refractivity contribution is 7.89. The molecule has 1 unspecified atom stereocenters. The number of benzene rings is 3. The fourth-order valence-corrected chi connectivity index (χ4v) is 5.71. The van der Waals surface area contributed by atoms with Crippen LogP contribution in [-0.4, -0.2) is 57.5 Å². The van der Waals surface area contributed by atoms with Crippen LogP contribution in [0.25, 0.3) is 0 Å². The van der Waals surface area contributed by atoms with Gasteiger partial charge in [-0.2, -0.15) is 9.57 Å². The van der Waals surface area contributed by atoms with Crippen LogP contribution in [0.5, 0.6) is 5.75 Å². The third kappa shape index (κ3) is 6.31. The third-order valence-corrected chi connectivity index (χ3v) is 8.29. The lowest BCUT2D eigenvalue weighted by Crippen LogP contribution is -2.49. The molecule has 1 aliphatic rings. The van der Waals surface area contributed by atoms with Crippen molar-refractivity contribution in [3.63, 3.8) is 0 Å². The van der Waals surface area contributed by atoms with Gasteiger partial charge in [0, 0.05) is 32.7 Å². The zero-order valence-electron chi connectivity index (χ0n) is 20.6. The summed E-state index contributed by atoms with van der Waals surface area (Å²) in [7, 11) is -2.00. The Morgan fingerprint density at radius 2 is 1.69 bits per heavy atom. The molecule has 4 rings (SSSR count). The second-order valence-electron chi connectivity index (χ2n) is 8.91. The lowest BCUT2D eigenvalue weighted by molar-refractivity contribution is 0.00762. The molecule has 0 aromatic heterocycles. The van der Waals surface area contributed by atoms with E-state index in [0.29, 0.717) is 44.9 Å². The minimum Gasteiger partial charge on any atom is -0.497 e. The lowest BCUT2D eigenvalue weighted by Gasteiger charge is -2.36. The topological polar surface area (TPSA) is 82.9 Å². The molecule has 0 amide bonds. The number of aryl methyl sites for hydroxylation is 1. The maximum absolute atomic E-state index is 13.1. The molecule has 0 bridgehead atoms. The van der Waals surface area contributed by atoms with E-state index in [2.05, 4.69) is 36.1 Å². The number of nitrogens with zero attached hydrogens (tertiary/aromatic N) is 3. The molecular weight excluding hydrogens is 474 g/mol. The van der Waals surface area contributed by atoms with Crippen LogP contribution >= 0.6 is 0 Å². The minimum atomic E-state index is -3.65. The number of hydrogen-bond acceptors (Lipinski definition) is 6. The first kappa shape index (κ1) is 25.9. The molecule has 0 aliphatic carbocycles. The fraction of sp³-hybridized carbons (Fsp3) is 0.321. The van der Waals surface area contributed by atoms with Gasteiger partial charge in [-0.05, 0) is 48.4 Å². The van der Waals surface area contributed by atoms with Crippen molar-refractivity contribution in [1.29, 1.82) is 5.26 Å². The maximum Gasteiger partial charge on any atom is 0.243 e. The van der Waals surface area contributed by atoms with Crippen LogP contribution in [-0.2, 0) is 21.4 Å². The number of piperazine rings is 1. The molecule has 0 saturated carbocycles. The summed E-state index contributed by atoms with van der Waals surface area (Å²) in [5, 5.41) is 9.13. The smallest absolute Gasteiger partial charge is 0.243 e. The molecule has 1 heterocycles. The van der Waals surface area contributed by atoms with Crippen molar-refractivity contribution in [1.82, 2.24) is 9.21 Å². The summed E-state index contributed by atoms with van der Waals surface area (Å²) < 4.78 is 39.5. The average molecular weight is 506 g/mol. The van der Waals surface area contributed by atoms with Gasteiger partial charge in [-0.25, -0.2) is 8.42 Å². The van der Waals surface area contributed by atoms with Gasteiger partial charge < -0.3 is 9.47 Å². The van der Waals surface area contributed by atoms with Crippen LogP contribution in [0.15, 0.2) is 77.7 Å². The van der Waals surface area contributed by atoms with Crippen LogP contribution in [0.4, 0.5) is 0 Å². The molecule has 8 heteroatoms. The van der Waals surface area contributed by atoms with E-state index in [1.54, 1.807) is 25.3 Å². The Labute approximate surface area is 213 Å². The summed E-state index contributed by atoms with van der Waals surface area (Å²) in [5.74, 6) is 0.770. The van der Waals surface area contributed by atoms with Crippen LogP contribution in [0.1, 0.15) is 28.4 Å². The van der Waals surface area contributed by atoms with Crippen LogP contribution in [0.3, 0.4) is 0 Å². The number of rotatable bonds is 9. The van der Waals surface area contributed by atoms with Gasteiger partial charge in [0.25, 0.3) is 0 Å². The van der Waals surface area contributed by atoms with E-state index in [1.165, 1.54) is 15.9 Å². The second kappa shape index (κ2) is 11.7. The Kier molecular flexibility index (Phi) is 8.39. The first-order valence-corrected chi connectivity index (χ1v) is 13.4. The number of ether oxygens (including phenoxy) is 2. The first-order valence-electron chi connectivity index (χ1n) is 11.9. The van der Waals surface area contributed by atoms with Crippen molar-refractivity contribution < 1.29 is 17.9 Å². The first-order chi connectivity index (χ1) is 17.4. The zero-order chi connectivity index (χ0) is 25.5. The van der Waals surface area contributed by atoms with E-state index >= 15 is 0 Å². The second-order valence-corrected chi connectivity index (χ2v) is 10.8. The summed E-state index contributed by atoms with van der Waals surface area (Å²) in [4.78, 5) is 2.39. The van der Waals surface area contributed by atoms with Gasteiger partial charge in [0.1, 0.15) is 5.75 Å². The van der Waals surface area contributed by atoms with Crippen molar-refractivity contribution in [2.24, 2.45) is 0 Å². The molecule has 1 atom stereocenters. The van der Waals surface area contributed by atoms with Crippen molar-refractivity contribution in [3.8, 4) is 11.8 Å². The monoisotopic (exact) mass is 505 g/mol. The Morgan fingerprint density at radius 3 is 2.39 bits per heavy atom. The predicted molar refractivity (Wildman–Crippen MR) is 138 cm³/mol. The van der Waals surface area contributed by atoms with E-state index in [4.69, 9.17) is 14.7 Å². The van der Waals surface area contributed by atoms with Crippen molar-refractivity contribution >= 4 is 10.0 Å². The van der Waals surface area contributed by atoms with Gasteiger partial charge in [-0.3, -0.25) is 4.90 Å². The van der Waals surface area contributed by atoms with Crippen molar-refractivity contribution in [2.45, 2.75) is 24.5 Å². The Hall–Kier alpha value is -3.22. The van der Waals surface area contributed by atoms with Crippen LogP contribution < -0.4 is 4.74 Å². The summed E-state index contributed by atoms with van der Waals surface area (Å²) >= 11 is 0. The van der Waals surface area contributed by atoms with Crippen molar-refractivity contribution in [3.05, 3.63) is 95.1 Å². The van der Waals surface area contributed by atoms with Gasteiger partial charge in [0.2, 0.25) is 10.0 Å². The van der Waals surface area contributed by atoms with E-state index in [9.17, 15) is 8.42 Å². The highest BCUT2D eigenvalue weighted by atomic mass is 32.2. The standard InChI is InChI=1S/C28H31N3O4S/c1-22-9-11-23(12-10-22)21-35-28(25-6-4-7-26(18-25)34-2)20-30-13-15-31(16-14-30)36(32,33)27-8-3-5-24(17-27)19-29/h3-12,17-18,28H,13-16,20-21H2,1-2H3. The zero-order valence-corrected chi connectivity index (χ0v) is 21.4. The largest absolute Gasteiger partial charge is 0.497 e. The van der Waals surface area contributed by atoms with Crippen LogP contribution in [0, 0.1) is 18.3 Å². The van der Waals surface area contributed by atoms with Gasteiger partial charge in [-0.15, -0.1) is 0 Å². The molecule has 1 aliphatic heterocycles. The molecule has 1 fully saturated rings. The number of hydrogen-bond donors (Lipinski definition) is 0. The van der Waals surface area contributed by atoms with Crippen molar-refractivity contribution in [2.75, 3.05) is 39.8 Å². The molecule has 3 aromatic carbocycles. The molecule has 0 N–H and O–H groups in total. The van der Waals surface area contributed by atoms with Gasteiger partial charge in [0.05, 0.1) is 36.3 Å². The quantitative estimate of drug-likeness (QED) is 0.435. The van der Waals surface area contributed by atoms with E-state index < -0.39 is 10.0 Å². The summed E-state index contributed by atoms with van der Waals surface area (Å²) in [6.07, 6.45) is -0.197. The normalized spacial score (nSPS) is 15.8. The SMILES string of the molecule is COc1cccc(C(CN2CCN(S(=O)(=O)c3cccc(C#N)c3)CC2)OCc2ccc(C)cc2)c1. The molecule has 1 saturated heterocycles. The molecule has 3 aromatic rings. The van der Waals surface area contributed by atoms with E-state index in [1.807, 2.05) is 30.3 Å². The fourth-order valence-electron chi connectivity index (χ4n) is 4.24. The van der Waals surface area contributed by atoms with E-state index in [0.717, 1.165) is 16.9 Å². The molecule has 0 radical (unpaired) electrons. The summed E-state index contributed by atoms with van der Waals surface area (Å²) in [6, 6.07) is 24.4. The summed E-state index contributed by atoms with van der Waals surface area (Å²) in [5.41, 5.74) is 3.66. The number of sulfonamides is 1. The highest BCUT2D eigenvalue weighted by Crippen LogP contribution is 2.26. The van der Waals surface area contributed by atoms with Gasteiger partial charge >= 0.3 is 0 Å². The molecule has 0 spiro atoms. The molecule has 36 heavy (non-hydrogen) atoms. The molecule has 7 nitrogen and oxygen atoms in total. The predicted octanol–water partition coefficient (Wildman–Crippen LogP) is 4.14.